The summed E-state index contributed by atoms with van der Waals surface area (Å²) in [5.74, 6) is 0.469. The van der Waals surface area contributed by atoms with Crippen molar-refractivity contribution in [1.82, 2.24) is 0 Å². The summed E-state index contributed by atoms with van der Waals surface area (Å²) in [5, 5.41) is 0. The van der Waals surface area contributed by atoms with Crippen LogP contribution in [0.3, 0.4) is 0 Å². The molecule has 0 aromatic heterocycles. The van der Waals surface area contributed by atoms with Crippen molar-refractivity contribution in [3.8, 4) is 0 Å². The van der Waals surface area contributed by atoms with Crippen molar-refractivity contribution in [2.75, 3.05) is 0 Å². The Morgan fingerprint density at radius 2 is 1.83 bits per heavy atom. The smallest absolute Gasteiger partial charge is 0.417 e. The van der Waals surface area contributed by atoms with Gasteiger partial charge in [0.2, 0.25) is 0 Å². The highest BCUT2D eigenvalue weighted by atomic mass is 16.5. The van der Waals surface area contributed by atoms with Crippen molar-refractivity contribution < 1.29 is 9.53 Å². The van der Waals surface area contributed by atoms with Gasteiger partial charge < -0.3 is 4.74 Å². The van der Waals surface area contributed by atoms with Crippen LogP contribution in [-0.4, -0.2) is 12.6 Å². The Morgan fingerprint density at radius 1 is 1.25 bits per heavy atom. The molecule has 0 bridgehead atoms. The lowest BCUT2D eigenvalue weighted by molar-refractivity contribution is 0.108. The minimum Gasteiger partial charge on any atom is -0.454 e. The quantitative estimate of drug-likeness (QED) is 0.588. The van der Waals surface area contributed by atoms with Crippen molar-refractivity contribution in [3.05, 3.63) is 0 Å². The third kappa shape index (κ3) is 4.37. The topological polar surface area (TPSA) is 26.3 Å². The van der Waals surface area contributed by atoms with Crippen molar-refractivity contribution in [1.29, 1.82) is 0 Å². The number of rotatable bonds is 7. The lowest BCUT2D eigenvalue weighted by Crippen LogP contribution is -2.21. The average Bonchev–Trinajstić information content (AvgIpc) is 2.04. The molecule has 71 valence electrons. The standard InChI is InChI=1S/C10H19O2/c1-4-6-9(3)10(7-5-2)12-8-11/h9-10H,4-7H2,1-3H3. The molecule has 0 N–H and O–H groups in total. The Hall–Kier alpha value is -0.530. The van der Waals surface area contributed by atoms with Gasteiger partial charge in [-0.15, -0.1) is 0 Å². The van der Waals surface area contributed by atoms with E-state index in [1.54, 1.807) is 6.47 Å². The highest BCUT2D eigenvalue weighted by molar-refractivity contribution is 5.38. The predicted octanol–water partition coefficient (Wildman–Crippen LogP) is 2.68. The van der Waals surface area contributed by atoms with Gasteiger partial charge in [-0.3, -0.25) is 0 Å². The fraction of sp³-hybridized carbons (Fsp3) is 0.900. The van der Waals surface area contributed by atoms with Crippen LogP contribution in [0.2, 0.25) is 0 Å². The maximum atomic E-state index is 10.1. The van der Waals surface area contributed by atoms with Gasteiger partial charge in [-0.1, -0.05) is 33.6 Å². The molecule has 1 radical (unpaired) electrons. The van der Waals surface area contributed by atoms with Gasteiger partial charge in [-0.05, 0) is 18.8 Å². The maximum Gasteiger partial charge on any atom is 0.417 e. The van der Waals surface area contributed by atoms with Crippen molar-refractivity contribution in [3.63, 3.8) is 0 Å². The van der Waals surface area contributed by atoms with E-state index in [1.165, 1.54) is 0 Å². The summed E-state index contributed by atoms with van der Waals surface area (Å²) in [7, 11) is 0. The van der Waals surface area contributed by atoms with Crippen molar-refractivity contribution >= 4 is 6.47 Å². The summed E-state index contributed by atoms with van der Waals surface area (Å²) in [4.78, 5) is 10.1. The van der Waals surface area contributed by atoms with E-state index in [-0.39, 0.29) is 6.10 Å². The molecule has 0 rings (SSSR count). The third-order valence-electron chi connectivity index (χ3n) is 2.15. The maximum absolute atomic E-state index is 10.1. The molecular formula is C10H19O2. The summed E-state index contributed by atoms with van der Waals surface area (Å²) in [5.41, 5.74) is 0. The van der Waals surface area contributed by atoms with Crippen LogP contribution in [0.1, 0.15) is 46.5 Å². The normalized spacial score (nSPS) is 15.2. The Bertz CT molecular complexity index is 112. The minimum absolute atomic E-state index is 0.0763. The fourth-order valence-corrected chi connectivity index (χ4v) is 1.45. The third-order valence-corrected chi connectivity index (χ3v) is 2.15. The van der Waals surface area contributed by atoms with E-state index >= 15 is 0 Å². The molecule has 0 saturated carbocycles. The zero-order valence-electron chi connectivity index (χ0n) is 8.30. The van der Waals surface area contributed by atoms with Gasteiger partial charge in [0, 0.05) is 0 Å². The number of carbonyl (C=O) groups excluding carboxylic acids is 1. The second-order valence-electron chi connectivity index (χ2n) is 3.29. The van der Waals surface area contributed by atoms with Crippen LogP contribution in [0.15, 0.2) is 0 Å². The number of hydrogen-bond acceptors (Lipinski definition) is 2. The van der Waals surface area contributed by atoms with Crippen LogP contribution in [-0.2, 0) is 9.53 Å². The molecule has 0 spiro atoms. The molecular weight excluding hydrogens is 152 g/mol. The summed E-state index contributed by atoms with van der Waals surface area (Å²) >= 11 is 0. The summed E-state index contributed by atoms with van der Waals surface area (Å²) in [6.45, 7) is 7.91. The van der Waals surface area contributed by atoms with E-state index < -0.39 is 0 Å². The zero-order valence-corrected chi connectivity index (χ0v) is 8.30. The lowest BCUT2D eigenvalue weighted by Gasteiger charge is -2.20. The van der Waals surface area contributed by atoms with E-state index in [4.69, 9.17) is 4.74 Å². The van der Waals surface area contributed by atoms with Gasteiger partial charge in [-0.25, -0.2) is 4.79 Å². The number of hydrogen-bond donors (Lipinski definition) is 0. The average molecular weight is 171 g/mol. The van der Waals surface area contributed by atoms with Crippen molar-refractivity contribution in [2.45, 2.75) is 52.6 Å². The second kappa shape index (κ2) is 7.14. The molecule has 0 fully saturated rings. The number of ether oxygens (including phenoxy) is 1. The SMILES string of the molecule is CCCC(C)C(CCC)O[C]=O. The van der Waals surface area contributed by atoms with Crippen LogP contribution in [0.25, 0.3) is 0 Å². The first-order valence-corrected chi connectivity index (χ1v) is 4.79. The van der Waals surface area contributed by atoms with Gasteiger partial charge in [0.05, 0.1) is 0 Å². The van der Waals surface area contributed by atoms with E-state index in [2.05, 4.69) is 20.8 Å². The van der Waals surface area contributed by atoms with E-state index in [0.717, 1.165) is 25.7 Å². The van der Waals surface area contributed by atoms with Gasteiger partial charge >= 0.3 is 6.47 Å². The minimum atomic E-state index is 0.0763. The fourth-order valence-electron chi connectivity index (χ4n) is 1.45. The predicted molar refractivity (Wildman–Crippen MR) is 49.5 cm³/mol. The highest BCUT2D eigenvalue weighted by Crippen LogP contribution is 2.17. The Labute approximate surface area is 75.3 Å². The monoisotopic (exact) mass is 171 g/mol. The second-order valence-corrected chi connectivity index (χ2v) is 3.29. The van der Waals surface area contributed by atoms with E-state index in [1.807, 2.05) is 0 Å². The molecule has 0 heterocycles. The van der Waals surface area contributed by atoms with Crippen LogP contribution >= 0.6 is 0 Å². The molecule has 12 heavy (non-hydrogen) atoms. The molecule has 0 aromatic rings. The van der Waals surface area contributed by atoms with Gasteiger partial charge in [0.1, 0.15) is 6.10 Å². The molecule has 0 saturated heterocycles. The highest BCUT2D eigenvalue weighted by Gasteiger charge is 2.16. The van der Waals surface area contributed by atoms with E-state index in [9.17, 15) is 4.79 Å². The first kappa shape index (κ1) is 11.5. The van der Waals surface area contributed by atoms with Crippen LogP contribution in [0.4, 0.5) is 0 Å². The van der Waals surface area contributed by atoms with E-state index in [0.29, 0.717) is 5.92 Å². The molecule has 0 aliphatic carbocycles. The summed E-state index contributed by atoms with van der Waals surface area (Å²) in [6.07, 6.45) is 4.35. The molecule has 0 amide bonds. The van der Waals surface area contributed by atoms with Gasteiger partial charge in [0.15, 0.2) is 0 Å². The molecule has 2 heteroatoms. The van der Waals surface area contributed by atoms with Crippen LogP contribution in [0, 0.1) is 5.92 Å². The van der Waals surface area contributed by atoms with Crippen molar-refractivity contribution in [2.24, 2.45) is 5.92 Å². The zero-order chi connectivity index (χ0) is 9.40. The molecule has 2 atom stereocenters. The molecule has 0 aliphatic rings. The summed E-state index contributed by atoms with van der Waals surface area (Å²) in [6, 6.07) is 0. The first-order chi connectivity index (χ1) is 5.76. The van der Waals surface area contributed by atoms with Crippen LogP contribution in [0.5, 0.6) is 0 Å². The summed E-state index contributed by atoms with van der Waals surface area (Å²) < 4.78 is 4.89. The first-order valence-electron chi connectivity index (χ1n) is 4.79. The Morgan fingerprint density at radius 3 is 2.25 bits per heavy atom. The largest absolute Gasteiger partial charge is 0.454 e. The molecule has 0 aromatic carbocycles. The lowest BCUT2D eigenvalue weighted by atomic mass is 9.96. The Kier molecular flexibility index (Phi) is 6.82. The van der Waals surface area contributed by atoms with Gasteiger partial charge in [-0.2, -0.15) is 0 Å². The molecule has 0 aliphatic heterocycles. The van der Waals surface area contributed by atoms with Gasteiger partial charge in [0.25, 0.3) is 0 Å². The Balaban J connectivity index is 3.80. The molecule has 2 nitrogen and oxygen atoms in total. The van der Waals surface area contributed by atoms with Crippen LogP contribution < -0.4 is 0 Å². The molecule has 2 unspecified atom stereocenters.